The number of aromatic nitrogens is 3. The Hall–Kier alpha value is -2.57. The second-order valence-electron chi connectivity index (χ2n) is 5.96. The van der Waals surface area contributed by atoms with Gasteiger partial charge in [-0.1, -0.05) is 19.1 Å². The van der Waals surface area contributed by atoms with Crippen LogP contribution in [0.25, 0.3) is 0 Å². The van der Waals surface area contributed by atoms with Gasteiger partial charge >= 0.3 is 0 Å². The molecule has 0 fully saturated rings. The largest absolute Gasteiger partial charge is 0.494 e. The number of guanidine groups is 1. The smallest absolute Gasteiger partial charge is 0.194 e. The third-order valence-electron chi connectivity index (χ3n) is 3.96. The molecule has 142 valence electrons. The van der Waals surface area contributed by atoms with Gasteiger partial charge in [-0.25, -0.2) is 0 Å². The molecule has 2 rings (SSSR count). The highest BCUT2D eigenvalue weighted by Gasteiger charge is 2.07. The molecule has 0 amide bonds. The third kappa shape index (κ3) is 5.75. The molecular formula is C19H30N6O. The van der Waals surface area contributed by atoms with Crippen LogP contribution >= 0.6 is 0 Å². The van der Waals surface area contributed by atoms with Gasteiger partial charge in [0.15, 0.2) is 5.96 Å². The lowest BCUT2D eigenvalue weighted by atomic mass is 10.2. The van der Waals surface area contributed by atoms with Crippen LogP contribution in [0.5, 0.6) is 5.75 Å². The van der Waals surface area contributed by atoms with Crippen molar-refractivity contribution in [1.29, 1.82) is 0 Å². The number of aliphatic imine (C=N–C) groups is 1. The molecule has 7 nitrogen and oxygen atoms in total. The minimum absolute atomic E-state index is 0.682. The van der Waals surface area contributed by atoms with Crippen LogP contribution in [0.15, 0.2) is 35.6 Å². The lowest BCUT2D eigenvalue weighted by Crippen LogP contribution is -2.38. The van der Waals surface area contributed by atoms with Gasteiger partial charge in [0.05, 0.1) is 13.2 Å². The van der Waals surface area contributed by atoms with E-state index in [0.29, 0.717) is 13.2 Å². The van der Waals surface area contributed by atoms with Crippen LogP contribution in [0, 0.1) is 0 Å². The van der Waals surface area contributed by atoms with Crippen molar-refractivity contribution in [2.45, 2.75) is 40.3 Å². The average Bonchev–Trinajstić information content (AvgIpc) is 3.10. The van der Waals surface area contributed by atoms with Gasteiger partial charge in [-0.2, -0.15) is 0 Å². The summed E-state index contributed by atoms with van der Waals surface area (Å²) < 4.78 is 7.55. The Morgan fingerprint density at radius 2 is 2.00 bits per heavy atom. The van der Waals surface area contributed by atoms with Gasteiger partial charge < -0.3 is 19.5 Å². The highest BCUT2D eigenvalue weighted by atomic mass is 16.5. The number of hydrogen-bond acceptors (Lipinski definition) is 4. The second-order valence-corrected chi connectivity index (χ2v) is 5.96. The van der Waals surface area contributed by atoms with E-state index in [0.717, 1.165) is 43.6 Å². The summed E-state index contributed by atoms with van der Waals surface area (Å²) in [5, 5.41) is 11.4. The number of nitrogens with zero attached hydrogens (tertiary/aromatic N) is 5. The van der Waals surface area contributed by atoms with Crippen LogP contribution in [0.2, 0.25) is 0 Å². The van der Waals surface area contributed by atoms with Crippen molar-refractivity contribution in [1.82, 2.24) is 25.0 Å². The molecule has 0 aliphatic heterocycles. The zero-order valence-electron chi connectivity index (χ0n) is 16.3. The molecule has 7 heteroatoms. The van der Waals surface area contributed by atoms with E-state index in [1.54, 1.807) is 6.33 Å². The van der Waals surface area contributed by atoms with Crippen LogP contribution in [0.1, 0.15) is 32.2 Å². The zero-order chi connectivity index (χ0) is 18.8. The fourth-order valence-corrected chi connectivity index (χ4v) is 2.68. The fraction of sp³-hybridized carbons (Fsp3) is 0.526. The first kappa shape index (κ1) is 19.8. The molecule has 0 radical (unpaired) electrons. The maximum atomic E-state index is 5.50. The van der Waals surface area contributed by atoms with E-state index in [9.17, 15) is 0 Å². The molecule has 26 heavy (non-hydrogen) atoms. The Balaban J connectivity index is 1.95. The summed E-state index contributed by atoms with van der Waals surface area (Å²) in [4.78, 5) is 6.87. The number of hydrogen-bond donors (Lipinski definition) is 1. The van der Waals surface area contributed by atoms with Gasteiger partial charge in [0, 0.05) is 33.1 Å². The van der Waals surface area contributed by atoms with Gasteiger partial charge in [-0.3, -0.25) is 4.99 Å². The van der Waals surface area contributed by atoms with Crippen LogP contribution < -0.4 is 10.1 Å². The van der Waals surface area contributed by atoms with E-state index in [4.69, 9.17) is 9.73 Å². The van der Waals surface area contributed by atoms with Crippen LogP contribution in [-0.4, -0.2) is 52.4 Å². The minimum Gasteiger partial charge on any atom is -0.494 e. The third-order valence-corrected chi connectivity index (χ3v) is 3.96. The van der Waals surface area contributed by atoms with Gasteiger partial charge in [0.1, 0.15) is 17.9 Å². The Morgan fingerprint density at radius 3 is 2.65 bits per heavy atom. The van der Waals surface area contributed by atoms with Gasteiger partial charge in [0.25, 0.3) is 0 Å². The summed E-state index contributed by atoms with van der Waals surface area (Å²) in [5.41, 5.74) is 1.22. The quantitative estimate of drug-likeness (QED) is 0.550. The number of aryl methyl sites for hydroxylation is 1. The lowest BCUT2D eigenvalue weighted by molar-refractivity contribution is 0.340. The molecule has 2 aromatic rings. The fourth-order valence-electron chi connectivity index (χ4n) is 2.68. The molecule has 0 bridgehead atoms. The van der Waals surface area contributed by atoms with Crippen molar-refractivity contribution in [3.8, 4) is 5.75 Å². The maximum Gasteiger partial charge on any atom is 0.194 e. The highest BCUT2D eigenvalue weighted by Crippen LogP contribution is 2.13. The van der Waals surface area contributed by atoms with Gasteiger partial charge in [-0.15, -0.1) is 10.2 Å². The number of ether oxygens (including phenoxy) is 1. The topological polar surface area (TPSA) is 67.6 Å². The first-order chi connectivity index (χ1) is 12.7. The molecule has 0 spiro atoms. The van der Waals surface area contributed by atoms with Crippen molar-refractivity contribution in [3.63, 3.8) is 0 Å². The van der Waals surface area contributed by atoms with Crippen LogP contribution in [0.4, 0.5) is 0 Å². The van der Waals surface area contributed by atoms with Gasteiger partial charge in [-0.05, 0) is 31.5 Å². The average molecular weight is 358 g/mol. The van der Waals surface area contributed by atoms with Crippen molar-refractivity contribution < 1.29 is 4.74 Å². The summed E-state index contributed by atoms with van der Waals surface area (Å²) in [5.74, 6) is 2.79. The molecule has 0 aliphatic rings. The molecule has 1 N–H and O–H groups in total. The molecule has 0 saturated heterocycles. The highest BCUT2D eigenvalue weighted by molar-refractivity contribution is 5.79. The van der Waals surface area contributed by atoms with Crippen molar-refractivity contribution in [3.05, 3.63) is 42.0 Å². The minimum atomic E-state index is 0.682. The molecule has 0 aliphatic carbocycles. The number of rotatable bonds is 9. The van der Waals surface area contributed by atoms with E-state index >= 15 is 0 Å². The molecule has 1 heterocycles. The standard InChI is InChI=1S/C19H30N6O/c1-5-18-23-22-15-25(18)13-12-21-19(20-6-2)24(4)14-16-8-10-17(11-9-16)26-7-3/h8-11,15H,5-7,12-14H2,1-4H3,(H,20,21). The van der Waals surface area contributed by atoms with Gasteiger partial charge in [0.2, 0.25) is 0 Å². The van der Waals surface area contributed by atoms with Crippen molar-refractivity contribution >= 4 is 5.96 Å². The van der Waals surface area contributed by atoms with Crippen molar-refractivity contribution in [2.75, 3.05) is 26.7 Å². The monoisotopic (exact) mass is 358 g/mol. The second kappa shape index (κ2) is 10.4. The normalized spacial score (nSPS) is 11.5. The Kier molecular flexibility index (Phi) is 7.92. The Morgan fingerprint density at radius 1 is 1.23 bits per heavy atom. The number of nitrogens with one attached hydrogen (secondary N) is 1. The van der Waals surface area contributed by atoms with Crippen LogP contribution in [0.3, 0.4) is 0 Å². The summed E-state index contributed by atoms with van der Waals surface area (Å²) in [6, 6.07) is 8.20. The molecule has 1 aromatic heterocycles. The lowest BCUT2D eigenvalue weighted by Gasteiger charge is -2.22. The van der Waals surface area contributed by atoms with E-state index in [2.05, 4.69) is 51.0 Å². The summed E-state index contributed by atoms with van der Waals surface area (Å²) >= 11 is 0. The zero-order valence-corrected chi connectivity index (χ0v) is 16.3. The summed E-state index contributed by atoms with van der Waals surface area (Å²) in [6.07, 6.45) is 2.65. The first-order valence-corrected chi connectivity index (χ1v) is 9.25. The van der Waals surface area contributed by atoms with E-state index in [1.165, 1.54) is 5.56 Å². The molecule has 0 unspecified atom stereocenters. The Bertz CT molecular complexity index is 680. The predicted octanol–water partition coefficient (Wildman–Crippen LogP) is 2.34. The first-order valence-electron chi connectivity index (χ1n) is 9.25. The molecule has 0 saturated carbocycles. The summed E-state index contributed by atoms with van der Waals surface area (Å²) in [6.45, 7) is 9.91. The SMILES string of the molecule is CCNC(=NCCn1cnnc1CC)N(C)Cc1ccc(OCC)cc1. The van der Waals surface area contributed by atoms with E-state index < -0.39 is 0 Å². The van der Waals surface area contributed by atoms with E-state index in [-0.39, 0.29) is 0 Å². The van der Waals surface area contributed by atoms with E-state index in [1.807, 2.05) is 26.1 Å². The summed E-state index contributed by atoms with van der Waals surface area (Å²) in [7, 11) is 2.05. The molecule has 0 atom stereocenters. The molecular weight excluding hydrogens is 328 g/mol. The maximum absolute atomic E-state index is 5.50. The predicted molar refractivity (Wildman–Crippen MR) is 104 cm³/mol. The van der Waals surface area contributed by atoms with Crippen molar-refractivity contribution in [2.24, 2.45) is 4.99 Å². The molecule has 1 aromatic carbocycles. The number of benzene rings is 1. The van der Waals surface area contributed by atoms with Crippen LogP contribution in [-0.2, 0) is 19.5 Å². The Labute approximate surface area is 156 Å².